The van der Waals surface area contributed by atoms with Crippen LogP contribution in [-0.4, -0.2) is 42.2 Å². The summed E-state index contributed by atoms with van der Waals surface area (Å²) in [5.74, 6) is 1.21. The van der Waals surface area contributed by atoms with E-state index < -0.39 is 0 Å². The Kier molecular flexibility index (Phi) is 6.59. The molecule has 3 aromatic heterocycles. The molecular formula is C32H29N3O5. The van der Waals surface area contributed by atoms with Gasteiger partial charge in [0.05, 0.1) is 36.2 Å². The topological polar surface area (TPSA) is 91.2 Å². The van der Waals surface area contributed by atoms with Crippen LogP contribution in [0.1, 0.15) is 18.9 Å². The van der Waals surface area contributed by atoms with Crippen molar-refractivity contribution >= 4 is 44.0 Å². The molecule has 0 bridgehead atoms. The van der Waals surface area contributed by atoms with E-state index in [4.69, 9.17) is 14.2 Å². The molecule has 40 heavy (non-hydrogen) atoms. The molecule has 3 aromatic carbocycles. The fourth-order valence-electron chi connectivity index (χ4n) is 5.46. The van der Waals surface area contributed by atoms with Gasteiger partial charge in [-0.15, -0.1) is 0 Å². The summed E-state index contributed by atoms with van der Waals surface area (Å²) in [7, 11) is 3.06. The predicted molar refractivity (Wildman–Crippen MR) is 156 cm³/mol. The Labute approximate surface area is 230 Å². The fourth-order valence-corrected chi connectivity index (χ4v) is 5.46. The Morgan fingerprint density at radius 3 is 2.58 bits per heavy atom. The maximum absolute atomic E-state index is 13.9. The van der Waals surface area contributed by atoms with Crippen LogP contribution in [-0.2, 0) is 11.2 Å². The Morgan fingerprint density at radius 2 is 1.80 bits per heavy atom. The summed E-state index contributed by atoms with van der Waals surface area (Å²) in [6.45, 7) is 1.89. The van der Waals surface area contributed by atoms with Crippen molar-refractivity contribution in [3.63, 3.8) is 0 Å². The van der Waals surface area contributed by atoms with Crippen molar-refractivity contribution in [3.05, 3.63) is 88.8 Å². The van der Waals surface area contributed by atoms with Crippen LogP contribution < -0.4 is 25.1 Å². The number of methoxy groups -OCH3 is 2. The van der Waals surface area contributed by atoms with Crippen LogP contribution in [0.15, 0.2) is 77.7 Å². The van der Waals surface area contributed by atoms with Crippen molar-refractivity contribution in [2.24, 2.45) is 0 Å². The number of aromatic nitrogens is 2. The van der Waals surface area contributed by atoms with Crippen LogP contribution >= 0.6 is 0 Å². The summed E-state index contributed by atoms with van der Waals surface area (Å²) < 4.78 is 18.6. The maximum Gasteiger partial charge on any atom is 0.267 e. The second-order valence-corrected chi connectivity index (χ2v) is 9.88. The molecule has 0 saturated heterocycles. The van der Waals surface area contributed by atoms with Crippen molar-refractivity contribution in [2.45, 2.75) is 25.8 Å². The lowest BCUT2D eigenvalue weighted by molar-refractivity contribution is -0.123. The number of hydrogen-bond donors (Lipinski definition) is 1. The third-order valence-corrected chi connectivity index (χ3v) is 7.35. The van der Waals surface area contributed by atoms with Crippen molar-refractivity contribution in [1.29, 1.82) is 0 Å². The number of hydrogen-bond acceptors (Lipinski definition) is 6. The number of rotatable bonds is 9. The van der Waals surface area contributed by atoms with Gasteiger partial charge in [-0.25, -0.2) is 0 Å². The van der Waals surface area contributed by atoms with E-state index >= 15 is 0 Å². The lowest BCUT2D eigenvalue weighted by atomic mass is 10.1. The van der Waals surface area contributed by atoms with Crippen LogP contribution in [0.4, 0.5) is 0 Å². The molecule has 6 rings (SSSR count). The lowest BCUT2D eigenvalue weighted by Crippen LogP contribution is -2.36. The quantitative estimate of drug-likeness (QED) is 0.258. The van der Waals surface area contributed by atoms with Crippen molar-refractivity contribution in [1.82, 2.24) is 14.7 Å². The minimum absolute atomic E-state index is 0.0209. The molecule has 0 aliphatic rings. The first kappa shape index (κ1) is 25.4. The number of carbonyl (C=O) groups is 1. The minimum Gasteiger partial charge on any atom is -0.493 e. The minimum atomic E-state index is -0.219. The molecule has 0 aliphatic heterocycles. The Bertz CT molecular complexity index is 1920. The molecule has 6 aromatic rings. The first-order valence-corrected chi connectivity index (χ1v) is 13.2. The van der Waals surface area contributed by atoms with E-state index in [1.54, 1.807) is 29.8 Å². The smallest absolute Gasteiger partial charge is 0.267 e. The highest BCUT2D eigenvalue weighted by Crippen LogP contribution is 2.39. The number of amides is 1. The largest absolute Gasteiger partial charge is 0.493 e. The first-order valence-electron chi connectivity index (χ1n) is 13.2. The van der Waals surface area contributed by atoms with Gasteiger partial charge >= 0.3 is 0 Å². The maximum atomic E-state index is 13.9. The van der Waals surface area contributed by atoms with Gasteiger partial charge < -0.3 is 19.5 Å². The van der Waals surface area contributed by atoms with Crippen LogP contribution in [0.5, 0.6) is 17.2 Å². The molecule has 1 amide bonds. The van der Waals surface area contributed by atoms with Crippen molar-refractivity contribution in [2.75, 3.05) is 20.8 Å². The van der Waals surface area contributed by atoms with Crippen molar-refractivity contribution < 1.29 is 19.0 Å². The van der Waals surface area contributed by atoms with Crippen LogP contribution in [0.2, 0.25) is 0 Å². The van der Waals surface area contributed by atoms with Gasteiger partial charge in [-0.05, 0) is 61.7 Å². The van der Waals surface area contributed by atoms with E-state index in [0.717, 1.165) is 34.6 Å². The predicted octanol–water partition coefficient (Wildman–Crippen LogP) is 5.13. The molecule has 1 atom stereocenters. The SMILES string of the molecule is COc1ccc2c(c1OC)c(=O)n1c3ccc(OCC(=O)NC(C)CCc4ccccc4)cc3c3ccnc2c31. The van der Waals surface area contributed by atoms with E-state index in [1.807, 2.05) is 49.4 Å². The van der Waals surface area contributed by atoms with E-state index in [9.17, 15) is 9.59 Å². The molecule has 3 heterocycles. The van der Waals surface area contributed by atoms with Gasteiger partial charge in [0.1, 0.15) is 5.75 Å². The molecule has 1 N–H and O–H groups in total. The third kappa shape index (κ3) is 4.31. The first-order chi connectivity index (χ1) is 19.5. The standard InChI is InChI=1S/C32H29N3O5/c1-19(9-10-20-7-5-4-6-8-20)34-27(36)18-40-21-11-13-25-24(17-21)22-15-16-33-29-23-12-14-26(38-2)31(39-3)28(23)32(37)35(25)30(22)29/h4-8,11-17,19H,9-10,18H2,1-3H3,(H,34,36). The molecule has 0 saturated carbocycles. The van der Waals surface area contributed by atoms with E-state index in [2.05, 4.69) is 22.4 Å². The van der Waals surface area contributed by atoms with Crippen LogP contribution in [0.25, 0.3) is 38.1 Å². The number of nitrogens with zero attached hydrogens (tertiary/aromatic N) is 2. The van der Waals surface area contributed by atoms with E-state index in [-0.39, 0.29) is 24.1 Å². The molecule has 0 aliphatic carbocycles. The van der Waals surface area contributed by atoms with Crippen LogP contribution in [0.3, 0.4) is 0 Å². The Hall–Kier alpha value is -4.85. The zero-order valence-electron chi connectivity index (χ0n) is 22.6. The number of benzene rings is 3. The van der Waals surface area contributed by atoms with Gasteiger partial charge in [0, 0.05) is 28.4 Å². The highest BCUT2D eigenvalue weighted by Gasteiger charge is 2.22. The molecule has 0 radical (unpaired) electrons. The zero-order valence-corrected chi connectivity index (χ0v) is 22.6. The number of fused-ring (bicyclic) bond motifs is 5. The second kappa shape index (κ2) is 10.4. The highest BCUT2D eigenvalue weighted by molar-refractivity contribution is 6.19. The average molecular weight is 536 g/mol. The monoisotopic (exact) mass is 535 g/mol. The number of pyridine rings is 2. The van der Waals surface area contributed by atoms with E-state index in [1.165, 1.54) is 12.7 Å². The van der Waals surface area contributed by atoms with Gasteiger partial charge in [0.15, 0.2) is 18.1 Å². The van der Waals surface area contributed by atoms with Crippen molar-refractivity contribution in [3.8, 4) is 17.2 Å². The molecule has 8 nitrogen and oxygen atoms in total. The summed E-state index contributed by atoms with van der Waals surface area (Å²) in [6.07, 6.45) is 3.46. The van der Waals surface area contributed by atoms with E-state index in [0.29, 0.717) is 33.5 Å². The average Bonchev–Trinajstić information content (AvgIpc) is 3.32. The van der Waals surface area contributed by atoms with Gasteiger partial charge in [0.2, 0.25) is 0 Å². The number of carbonyl (C=O) groups excluding carboxylic acids is 1. The molecule has 1 unspecified atom stereocenters. The highest BCUT2D eigenvalue weighted by atomic mass is 16.5. The molecule has 202 valence electrons. The van der Waals surface area contributed by atoms with Gasteiger partial charge in [-0.3, -0.25) is 19.0 Å². The number of aryl methyl sites for hydroxylation is 1. The Balaban J connectivity index is 1.30. The molecule has 0 fully saturated rings. The number of ether oxygens (including phenoxy) is 3. The number of nitrogens with one attached hydrogen (secondary N) is 1. The van der Waals surface area contributed by atoms with Gasteiger partial charge in [-0.2, -0.15) is 0 Å². The van der Waals surface area contributed by atoms with Crippen LogP contribution in [0, 0.1) is 0 Å². The summed E-state index contributed by atoms with van der Waals surface area (Å²) in [4.78, 5) is 31.1. The summed E-state index contributed by atoms with van der Waals surface area (Å²) >= 11 is 0. The van der Waals surface area contributed by atoms with Gasteiger partial charge in [-0.1, -0.05) is 30.3 Å². The van der Waals surface area contributed by atoms with Gasteiger partial charge in [0.25, 0.3) is 11.5 Å². The lowest BCUT2D eigenvalue weighted by Gasteiger charge is -2.14. The molecule has 8 heteroatoms. The summed E-state index contributed by atoms with van der Waals surface area (Å²) in [5.41, 5.74) is 3.16. The summed E-state index contributed by atoms with van der Waals surface area (Å²) in [5, 5.41) is 5.82. The second-order valence-electron chi connectivity index (χ2n) is 9.88. The zero-order chi connectivity index (χ0) is 27.8. The summed E-state index contributed by atoms with van der Waals surface area (Å²) in [6, 6.07) is 21.2. The Morgan fingerprint density at radius 1 is 0.975 bits per heavy atom. The fraction of sp³-hybridized carbons (Fsp3) is 0.219. The molecular weight excluding hydrogens is 506 g/mol. The normalized spacial score (nSPS) is 12.3. The molecule has 0 spiro atoms. The third-order valence-electron chi connectivity index (χ3n) is 7.35.